The quantitative estimate of drug-likeness (QED) is 0.928. The second-order valence-corrected chi connectivity index (χ2v) is 5.26. The van der Waals surface area contributed by atoms with E-state index in [1.807, 2.05) is 12.1 Å². The minimum Gasteiger partial charge on any atom is -0.381 e. The summed E-state index contributed by atoms with van der Waals surface area (Å²) >= 11 is 3.40. The number of hydrogen-bond acceptors (Lipinski definition) is 4. The van der Waals surface area contributed by atoms with Crippen LogP contribution in [0.15, 0.2) is 22.7 Å². The van der Waals surface area contributed by atoms with Gasteiger partial charge in [-0.3, -0.25) is 0 Å². The molecule has 0 saturated carbocycles. The molecule has 1 N–H and O–H groups in total. The molecule has 1 aromatic carbocycles. The zero-order valence-corrected chi connectivity index (χ0v) is 11.8. The zero-order chi connectivity index (χ0) is 13.0. The number of nitrogens with one attached hydrogen (secondary N) is 1. The van der Waals surface area contributed by atoms with Crippen molar-refractivity contribution in [1.82, 2.24) is 0 Å². The Hall–Kier alpha value is -1.09. The van der Waals surface area contributed by atoms with E-state index in [-0.39, 0.29) is 5.60 Å². The first kappa shape index (κ1) is 13.3. The maximum atomic E-state index is 9.06. The van der Waals surface area contributed by atoms with E-state index >= 15 is 0 Å². The summed E-state index contributed by atoms with van der Waals surface area (Å²) < 4.78 is 11.9. The number of hydrogen-bond donors (Lipinski definition) is 1. The van der Waals surface area contributed by atoms with Gasteiger partial charge >= 0.3 is 0 Å². The molecule has 96 valence electrons. The maximum absolute atomic E-state index is 9.06. The standard InChI is InChI=1S/C13H15BrN2O2/c1-17-13(4-5-18-9-13)8-16-12-6-11(14)3-2-10(12)7-15/h2-3,6,16H,4-5,8-9H2,1H3. The Balaban J connectivity index is 2.10. The summed E-state index contributed by atoms with van der Waals surface area (Å²) in [5, 5.41) is 12.3. The first-order valence-electron chi connectivity index (χ1n) is 5.75. The Labute approximate surface area is 115 Å². The number of rotatable bonds is 4. The van der Waals surface area contributed by atoms with Crippen LogP contribution in [0.2, 0.25) is 0 Å². The largest absolute Gasteiger partial charge is 0.381 e. The van der Waals surface area contributed by atoms with Gasteiger partial charge < -0.3 is 14.8 Å². The third kappa shape index (κ3) is 2.83. The third-order valence-electron chi connectivity index (χ3n) is 3.20. The molecule has 1 fully saturated rings. The smallest absolute Gasteiger partial charge is 0.110 e. The Morgan fingerprint density at radius 3 is 3.06 bits per heavy atom. The van der Waals surface area contributed by atoms with Crippen molar-refractivity contribution in [1.29, 1.82) is 5.26 Å². The van der Waals surface area contributed by atoms with Crippen LogP contribution in [-0.2, 0) is 9.47 Å². The van der Waals surface area contributed by atoms with Crippen molar-refractivity contribution < 1.29 is 9.47 Å². The van der Waals surface area contributed by atoms with E-state index in [4.69, 9.17) is 14.7 Å². The second kappa shape index (κ2) is 5.70. The van der Waals surface area contributed by atoms with E-state index in [1.165, 1.54) is 0 Å². The number of methoxy groups -OCH3 is 1. The summed E-state index contributed by atoms with van der Waals surface area (Å²) in [7, 11) is 1.70. The first-order valence-corrected chi connectivity index (χ1v) is 6.55. The topological polar surface area (TPSA) is 54.3 Å². The van der Waals surface area contributed by atoms with Gasteiger partial charge in [-0.1, -0.05) is 15.9 Å². The molecule has 1 atom stereocenters. The van der Waals surface area contributed by atoms with E-state index in [2.05, 4.69) is 27.3 Å². The Bertz CT molecular complexity index is 465. The Morgan fingerprint density at radius 2 is 2.44 bits per heavy atom. The number of nitrogens with zero attached hydrogens (tertiary/aromatic N) is 1. The molecule has 1 saturated heterocycles. The monoisotopic (exact) mass is 310 g/mol. The molecular weight excluding hydrogens is 296 g/mol. The van der Waals surface area contributed by atoms with Crippen molar-refractivity contribution in [2.45, 2.75) is 12.0 Å². The zero-order valence-electron chi connectivity index (χ0n) is 10.2. The minimum absolute atomic E-state index is 0.283. The molecule has 0 radical (unpaired) electrons. The van der Waals surface area contributed by atoms with Crippen LogP contribution in [0, 0.1) is 11.3 Å². The molecular formula is C13H15BrN2O2. The van der Waals surface area contributed by atoms with Crippen molar-refractivity contribution >= 4 is 21.6 Å². The second-order valence-electron chi connectivity index (χ2n) is 4.34. The number of benzene rings is 1. The van der Waals surface area contributed by atoms with E-state index < -0.39 is 0 Å². The fourth-order valence-electron chi connectivity index (χ4n) is 1.98. The van der Waals surface area contributed by atoms with Gasteiger partial charge in [-0.15, -0.1) is 0 Å². The van der Waals surface area contributed by atoms with Gasteiger partial charge in [0, 0.05) is 31.2 Å². The number of anilines is 1. The minimum atomic E-state index is -0.283. The molecule has 4 nitrogen and oxygen atoms in total. The van der Waals surface area contributed by atoms with E-state index in [1.54, 1.807) is 13.2 Å². The molecule has 1 aliphatic rings. The van der Waals surface area contributed by atoms with Crippen LogP contribution in [-0.4, -0.2) is 32.5 Å². The lowest BCUT2D eigenvalue weighted by molar-refractivity contribution is -0.00620. The number of ether oxygens (including phenoxy) is 2. The average Bonchev–Trinajstić information content (AvgIpc) is 2.86. The highest BCUT2D eigenvalue weighted by molar-refractivity contribution is 9.10. The molecule has 18 heavy (non-hydrogen) atoms. The summed E-state index contributed by atoms with van der Waals surface area (Å²) in [5.74, 6) is 0. The van der Waals surface area contributed by atoms with Crippen molar-refractivity contribution in [2.75, 3.05) is 32.2 Å². The van der Waals surface area contributed by atoms with Crippen LogP contribution < -0.4 is 5.32 Å². The predicted molar refractivity (Wildman–Crippen MR) is 72.5 cm³/mol. The van der Waals surface area contributed by atoms with Gasteiger partial charge in [-0.25, -0.2) is 0 Å². The van der Waals surface area contributed by atoms with Crippen molar-refractivity contribution in [3.8, 4) is 6.07 Å². The first-order chi connectivity index (χ1) is 8.69. The summed E-state index contributed by atoms with van der Waals surface area (Å²) in [5.41, 5.74) is 1.16. The molecule has 1 aliphatic heterocycles. The molecule has 1 heterocycles. The summed E-state index contributed by atoms with van der Waals surface area (Å²) in [4.78, 5) is 0. The van der Waals surface area contributed by atoms with Gasteiger partial charge in [0.25, 0.3) is 0 Å². The highest BCUT2D eigenvalue weighted by Gasteiger charge is 2.34. The van der Waals surface area contributed by atoms with Crippen LogP contribution in [0.25, 0.3) is 0 Å². The van der Waals surface area contributed by atoms with Gasteiger partial charge in [0.1, 0.15) is 11.7 Å². The van der Waals surface area contributed by atoms with Crippen molar-refractivity contribution in [2.24, 2.45) is 0 Å². The molecule has 0 amide bonds. The number of halogens is 1. The predicted octanol–water partition coefficient (Wildman–Crippen LogP) is 2.54. The molecule has 0 aromatic heterocycles. The highest BCUT2D eigenvalue weighted by Crippen LogP contribution is 2.25. The summed E-state index contributed by atoms with van der Waals surface area (Å²) in [6, 6.07) is 7.72. The van der Waals surface area contributed by atoms with Gasteiger partial charge in [-0.05, 0) is 18.2 Å². The van der Waals surface area contributed by atoms with Gasteiger partial charge in [-0.2, -0.15) is 5.26 Å². The average molecular weight is 311 g/mol. The molecule has 5 heteroatoms. The lowest BCUT2D eigenvalue weighted by Crippen LogP contribution is -2.39. The normalized spacial score (nSPS) is 22.7. The van der Waals surface area contributed by atoms with Gasteiger partial charge in [0.15, 0.2) is 0 Å². The van der Waals surface area contributed by atoms with Crippen molar-refractivity contribution in [3.05, 3.63) is 28.2 Å². The summed E-state index contributed by atoms with van der Waals surface area (Å²) in [6.45, 7) is 1.94. The fraction of sp³-hybridized carbons (Fsp3) is 0.462. The van der Waals surface area contributed by atoms with E-state index in [9.17, 15) is 0 Å². The molecule has 0 spiro atoms. The molecule has 2 rings (SSSR count). The third-order valence-corrected chi connectivity index (χ3v) is 3.70. The van der Waals surface area contributed by atoms with Gasteiger partial charge in [0.05, 0.1) is 17.9 Å². The highest BCUT2D eigenvalue weighted by atomic mass is 79.9. The SMILES string of the molecule is COC1(CNc2cc(Br)ccc2C#N)CCOC1. The molecule has 1 unspecified atom stereocenters. The van der Waals surface area contributed by atoms with E-state index in [0.717, 1.165) is 23.2 Å². The van der Waals surface area contributed by atoms with Gasteiger partial charge in [0.2, 0.25) is 0 Å². The summed E-state index contributed by atoms with van der Waals surface area (Å²) in [6.07, 6.45) is 0.867. The van der Waals surface area contributed by atoms with Crippen LogP contribution in [0.1, 0.15) is 12.0 Å². The number of nitriles is 1. The lowest BCUT2D eigenvalue weighted by atomic mass is 10.0. The molecule has 1 aromatic rings. The van der Waals surface area contributed by atoms with Crippen LogP contribution in [0.3, 0.4) is 0 Å². The molecule has 0 aliphatic carbocycles. The Kier molecular flexibility index (Phi) is 4.23. The van der Waals surface area contributed by atoms with Crippen molar-refractivity contribution in [3.63, 3.8) is 0 Å². The Morgan fingerprint density at radius 1 is 1.61 bits per heavy atom. The lowest BCUT2D eigenvalue weighted by Gasteiger charge is -2.26. The fourth-order valence-corrected chi connectivity index (χ4v) is 2.34. The molecule has 0 bridgehead atoms. The van der Waals surface area contributed by atoms with E-state index in [0.29, 0.717) is 18.7 Å². The maximum Gasteiger partial charge on any atom is 0.110 e. The van der Waals surface area contributed by atoms with Crippen LogP contribution in [0.4, 0.5) is 5.69 Å². The van der Waals surface area contributed by atoms with Crippen LogP contribution >= 0.6 is 15.9 Å². The van der Waals surface area contributed by atoms with Crippen LogP contribution in [0.5, 0.6) is 0 Å².